The van der Waals surface area contributed by atoms with Crippen LogP contribution < -0.4 is 0 Å². The summed E-state index contributed by atoms with van der Waals surface area (Å²) < 4.78 is 27.1. The van der Waals surface area contributed by atoms with E-state index in [4.69, 9.17) is 0 Å². The molecule has 0 radical (unpaired) electrons. The standard InChI is InChI=1S/C9H13NO4S2/c1-6(16(3,12)13)9-10-7(5-15-9)4-8(11)14-2/h5-6H,4H2,1-3H3. The number of hydrogen-bond acceptors (Lipinski definition) is 6. The second-order valence-electron chi connectivity index (χ2n) is 3.40. The zero-order valence-corrected chi connectivity index (χ0v) is 10.9. The number of ether oxygens (including phenoxy) is 1. The third kappa shape index (κ3) is 3.28. The number of aromatic nitrogens is 1. The molecule has 0 aliphatic heterocycles. The van der Waals surface area contributed by atoms with Crippen LogP contribution >= 0.6 is 11.3 Å². The van der Waals surface area contributed by atoms with Crippen molar-refractivity contribution in [2.45, 2.75) is 18.6 Å². The molecule has 1 unspecified atom stereocenters. The first kappa shape index (κ1) is 13.1. The van der Waals surface area contributed by atoms with E-state index in [0.29, 0.717) is 10.7 Å². The Balaban J connectivity index is 2.83. The molecule has 90 valence electrons. The molecule has 0 aliphatic rings. The first-order valence-electron chi connectivity index (χ1n) is 4.54. The second-order valence-corrected chi connectivity index (χ2v) is 6.66. The van der Waals surface area contributed by atoms with Crippen molar-refractivity contribution < 1.29 is 17.9 Å². The highest BCUT2D eigenvalue weighted by molar-refractivity contribution is 7.91. The van der Waals surface area contributed by atoms with Crippen molar-refractivity contribution in [3.63, 3.8) is 0 Å². The molecule has 1 atom stereocenters. The molecule has 0 spiro atoms. The molecule has 1 heterocycles. The Bertz CT molecular complexity index is 477. The fourth-order valence-corrected chi connectivity index (χ4v) is 2.86. The van der Waals surface area contributed by atoms with Crippen LogP contribution in [0.2, 0.25) is 0 Å². The Morgan fingerprint density at radius 1 is 1.62 bits per heavy atom. The van der Waals surface area contributed by atoms with Gasteiger partial charge in [-0.15, -0.1) is 11.3 Å². The van der Waals surface area contributed by atoms with Crippen LogP contribution in [0, 0.1) is 0 Å². The maximum Gasteiger partial charge on any atom is 0.311 e. The minimum Gasteiger partial charge on any atom is -0.469 e. The van der Waals surface area contributed by atoms with Crippen molar-refractivity contribution in [3.8, 4) is 0 Å². The van der Waals surface area contributed by atoms with Gasteiger partial charge in [0.1, 0.15) is 10.3 Å². The van der Waals surface area contributed by atoms with Gasteiger partial charge in [-0.25, -0.2) is 13.4 Å². The fraction of sp³-hybridized carbons (Fsp3) is 0.556. The summed E-state index contributed by atoms with van der Waals surface area (Å²) in [5.41, 5.74) is 0.544. The maximum atomic E-state index is 11.3. The number of carbonyl (C=O) groups excluding carboxylic acids is 1. The van der Waals surface area contributed by atoms with Crippen molar-refractivity contribution in [2.24, 2.45) is 0 Å². The maximum absolute atomic E-state index is 11.3. The average Bonchev–Trinajstić information content (AvgIpc) is 2.63. The van der Waals surface area contributed by atoms with Crippen LogP contribution in [0.5, 0.6) is 0 Å². The molecule has 0 N–H and O–H groups in total. The van der Waals surface area contributed by atoms with Gasteiger partial charge in [0.2, 0.25) is 0 Å². The Morgan fingerprint density at radius 3 is 2.75 bits per heavy atom. The summed E-state index contributed by atoms with van der Waals surface area (Å²) >= 11 is 1.24. The predicted octanol–water partition coefficient (Wildman–Crippen LogP) is 0.964. The highest BCUT2D eigenvalue weighted by Crippen LogP contribution is 2.24. The molecule has 5 nitrogen and oxygen atoms in total. The third-order valence-corrected chi connectivity index (χ3v) is 4.85. The van der Waals surface area contributed by atoms with Gasteiger partial charge < -0.3 is 4.74 Å². The van der Waals surface area contributed by atoms with Crippen LogP contribution in [0.25, 0.3) is 0 Å². The van der Waals surface area contributed by atoms with Crippen LogP contribution in [0.15, 0.2) is 5.38 Å². The summed E-state index contributed by atoms with van der Waals surface area (Å²) in [6, 6.07) is 0. The highest BCUT2D eigenvalue weighted by Gasteiger charge is 2.21. The second kappa shape index (κ2) is 4.92. The molecule has 1 aromatic heterocycles. The van der Waals surface area contributed by atoms with Crippen molar-refractivity contribution in [1.82, 2.24) is 4.98 Å². The predicted molar refractivity (Wildman–Crippen MR) is 61.1 cm³/mol. The van der Waals surface area contributed by atoms with E-state index in [1.807, 2.05) is 0 Å². The van der Waals surface area contributed by atoms with Crippen LogP contribution in [-0.4, -0.2) is 32.7 Å². The molecule has 0 aromatic carbocycles. The zero-order chi connectivity index (χ0) is 12.3. The number of nitrogens with zero attached hydrogens (tertiary/aromatic N) is 1. The molecule has 0 bridgehead atoms. The van der Waals surface area contributed by atoms with E-state index in [-0.39, 0.29) is 12.4 Å². The molecule has 0 amide bonds. The van der Waals surface area contributed by atoms with Gasteiger partial charge in [0.15, 0.2) is 9.84 Å². The molecule has 1 aromatic rings. The Morgan fingerprint density at radius 2 is 2.25 bits per heavy atom. The Labute approximate surface area is 98.4 Å². The van der Waals surface area contributed by atoms with Crippen LogP contribution in [0.4, 0.5) is 0 Å². The van der Waals surface area contributed by atoms with Crippen LogP contribution in [-0.2, 0) is 25.8 Å². The lowest BCUT2D eigenvalue weighted by Crippen LogP contribution is -2.08. The minimum absolute atomic E-state index is 0.0729. The number of hydrogen-bond donors (Lipinski definition) is 0. The Kier molecular flexibility index (Phi) is 4.03. The van der Waals surface area contributed by atoms with E-state index in [1.54, 1.807) is 12.3 Å². The number of rotatable bonds is 4. The summed E-state index contributed by atoms with van der Waals surface area (Å²) in [5.74, 6) is -0.385. The van der Waals surface area contributed by atoms with Crippen molar-refractivity contribution in [1.29, 1.82) is 0 Å². The van der Waals surface area contributed by atoms with Gasteiger partial charge in [-0.2, -0.15) is 0 Å². The van der Waals surface area contributed by atoms with Crippen molar-refractivity contribution in [2.75, 3.05) is 13.4 Å². The normalized spacial score (nSPS) is 13.4. The summed E-state index contributed by atoms with van der Waals surface area (Å²) in [7, 11) is -1.84. The highest BCUT2D eigenvalue weighted by atomic mass is 32.2. The van der Waals surface area contributed by atoms with Gasteiger partial charge in [-0.1, -0.05) is 0 Å². The molecule has 0 fully saturated rings. The van der Waals surface area contributed by atoms with Gasteiger partial charge in [0, 0.05) is 11.6 Å². The van der Waals surface area contributed by atoms with E-state index in [2.05, 4.69) is 9.72 Å². The minimum atomic E-state index is -3.14. The van der Waals surface area contributed by atoms with Crippen molar-refractivity contribution in [3.05, 3.63) is 16.1 Å². The van der Waals surface area contributed by atoms with Gasteiger partial charge in [0.05, 0.1) is 19.2 Å². The monoisotopic (exact) mass is 263 g/mol. The summed E-state index contributed by atoms with van der Waals surface area (Å²) in [4.78, 5) is 15.1. The van der Waals surface area contributed by atoms with E-state index >= 15 is 0 Å². The topological polar surface area (TPSA) is 73.3 Å². The molecule has 0 aliphatic carbocycles. The van der Waals surface area contributed by atoms with Crippen LogP contribution in [0.3, 0.4) is 0 Å². The number of methoxy groups -OCH3 is 1. The molecular weight excluding hydrogens is 250 g/mol. The molecular formula is C9H13NO4S2. The van der Waals surface area contributed by atoms with Gasteiger partial charge >= 0.3 is 5.97 Å². The molecule has 1 rings (SSSR count). The number of thiazole rings is 1. The Hall–Kier alpha value is -0.950. The summed E-state index contributed by atoms with van der Waals surface area (Å²) in [6.45, 7) is 1.58. The smallest absolute Gasteiger partial charge is 0.311 e. The number of sulfone groups is 1. The fourth-order valence-electron chi connectivity index (χ4n) is 0.994. The third-order valence-electron chi connectivity index (χ3n) is 2.11. The van der Waals surface area contributed by atoms with Gasteiger partial charge in [0.25, 0.3) is 0 Å². The number of carbonyl (C=O) groups is 1. The largest absolute Gasteiger partial charge is 0.469 e. The summed E-state index contributed by atoms with van der Waals surface area (Å²) in [6.07, 6.45) is 1.24. The van der Waals surface area contributed by atoms with Crippen LogP contribution in [0.1, 0.15) is 22.9 Å². The van der Waals surface area contributed by atoms with E-state index in [1.165, 1.54) is 24.7 Å². The van der Waals surface area contributed by atoms with E-state index in [0.717, 1.165) is 0 Å². The summed E-state index contributed by atoms with van der Waals surface area (Å²) in [5, 5.41) is 1.54. The first-order chi connectivity index (χ1) is 7.34. The number of esters is 1. The zero-order valence-electron chi connectivity index (χ0n) is 9.26. The molecule has 0 saturated heterocycles. The average molecular weight is 263 g/mol. The molecule has 16 heavy (non-hydrogen) atoms. The van der Waals surface area contributed by atoms with Crippen molar-refractivity contribution >= 4 is 27.1 Å². The lowest BCUT2D eigenvalue weighted by Gasteiger charge is -2.04. The SMILES string of the molecule is COC(=O)Cc1csc(C(C)S(C)(=O)=O)n1. The van der Waals surface area contributed by atoms with E-state index in [9.17, 15) is 13.2 Å². The first-order valence-corrected chi connectivity index (χ1v) is 7.38. The van der Waals surface area contributed by atoms with Gasteiger partial charge in [-0.3, -0.25) is 4.79 Å². The molecule has 7 heteroatoms. The lowest BCUT2D eigenvalue weighted by molar-refractivity contribution is -0.139. The lowest BCUT2D eigenvalue weighted by atomic mass is 10.3. The van der Waals surface area contributed by atoms with E-state index < -0.39 is 15.1 Å². The molecule has 0 saturated carbocycles. The quantitative estimate of drug-likeness (QED) is 0.757. The van der Waals surface area contributed by atoms with Gasteiger partial charge in [-0.05, 0) is 6.92 Å².